The van der Waals surface area contributed by atoms with Crippen molar-refractivity contribution in [1.29, 1.82) is 0 Å². The van der Waals surface area contributed by atoms with E-state index < -0.39 is 5.54 Å². The number of pyridine rings is 2. The number of likely N-dealkylation sites (tertiary alicyclic amines) is 1. The average molecular weight is 509 g/mol. The highest BCUT2D eigenvalue weighted by Gasteiger charge is 2.38. The number of hydrogen-bond donors (Lipinski definition) is 3. The average Bonchev–Trinajstić information content (AvgIpc) is 3.65. The van der Waals surface area contributed by atoms with Crippen LogP contribution in [0.4, 0.5) is 5.69 Å². The van der Waals surface area contributed by atoms with Crippen molar-refractivity contribution >= 4 is 11.6 Å². The van der Waals surface area contributed by atoms with Crippen molar-refractivity contribution in [3.63, 3.8) is 0 Å². The lowest BCUT2D eigenvalue weighted by atomic mass is 9.86. The molecule has 38 heavy (non-hydrogen) atoms. The van der Waals surface area contributed by atoms with Gasteiger partial charge in [-0.1, -0.05) is 6.07 Å². The predicted molar refractivity (Wildman–Crippen MR) is 146 cm³/mol. The maximum absolute atomic E-state index is 13.1. The van der Waals surface area contributed by atoms with Gasteiger partial charge in [0.15, 0.2) is 11.6 Å². The molecule has 9 nitrogen and oxygen atoms in total. The molecule has 1 saturated heterocycles. The maximum atomic E-state index is 13.1. The van der Waals surface area contributed by atoms with Crippen LogP contribution in [0.25, 0.3) is 11.4 Å². The molecule has 194 valence electrons. The van der Waals surface area contributed by atoms with Crippen molar-refractivity contribution in [2.24, 2.45) is 0 Å². The number of rotatable bonds is 7. The Morgan fingerprint density at radius 1 is 1.08 bits per heavy atom. The lowest BCUT2D eigenvalue weighted by Crippen LogP contribution is -2.46. The normalized spacial score (nSPS) is 16.7. The third-order valence-electron chi connectivity index (χ3n) is 7.77. The zero-order valence-corrected chi connectivity index (χ0v) is 21.6. The van der Waals surface area contributed by atoms with E-state index in [9.17, 15) is 4.79 Å². The van der Waals surface area contributed by atoms with Gasteiger partial charge < -0.3 is 15.5 Å². The molecule has 1 aliphatic heterocycles. The number of carbonyl (C=O) groups excluding carboxylic acids is 1. The summed E-state index contributed by atoms with van der Waals surface area (Å²) >= 11 is 0. The van der Waals surface area contributed by atoms with Crippen molar-refractivity contribution < 1.29 is 4.79 Å². The van der Waals surface area contributed by atoms with Crippen LogP contribution in [0.2, 0.25) is 0 Å². The van der Waals surface area contributed by atoms with E-state index in [-0.39, 0.29) is 5.91 Å². The molecule has 1 aromatic carbocycles. The number of nitrogens with zero attached hydrogens (tertiary/aromatic N) is 5. The van der Waals surface area contributed by atoms with Gasteiger partial charge in [-0.25, -0.2) is 4.98 Å². The Balaban J connectivity index is 1.21. The van der Waals surface area contributed by atoms with E-state index in [1.807, 2.05) is 48.8 Å². The van der Waals surface area contributed by atoms with Crippen LogP contribution in [0.15, 0.2) is 61.2 Å². The van der Waals surface area contributed by atoms with Crippen molar-refractivity contribution in [2.75, 3.05) is 25.5 Å². The van der Waals surface area contributed by atoms with Crippen LogP contribution in [0, 0.1) is 0 Å². The summed E-state index contributed by atoms with van der Waals surface area (Å²) in [5.74, 6) is 1.36. The molecule has 6 rings (SSSR count). The molecule has 3 aromatic heterocycles. The standard InChI is InChI=1S/C29H32N8O/c1-37-14-10-29(11-15-37,28-33-26(35-36-28)20-8-12-30-13-9-20)34-24-6-2-4-21(16-24)27(38)32-19-23-18-31-17-22-5-3-7-25(22)23/h2,4,6,8-9,12-13,16-18,34H,3,5,7,10-11,14-15,19H2,1H3,(H,32,38)(H,33,35,36). The van der Waals surface area contributed by atoms with Crippen LogP contribution in [0.5, 0.6) is 0 Å². The fourth-order valence-electron chi connectivity index (χ4n) is 5.54. The van der Waals surface area contributed by atoms with Crippen molar-refractivity contribution in [1.82, 2.24) is 35.4 Å². The number of nitrogens with one attached hydrogen (secondary N) is 3. The number of amides is 1. The topological polar surface area (TPSA) is 112 Å². The van der Waals surface area contributed by atoms with E-state index in [1.54, 1.807) is 12.4 Å². The summed E-state index contributed by atoms with van der Waals surface area (Å²) in [6.07, 6.45) is 12.3. The van der Waals surface area contributed by atoms with Gasteiger partial charge in [0, 0.05) is 61.2 Å². The van der Waals surface area contributed by atoms with Gasteiger partial charge in [-0.3, -0.25) is 19.9 Å². The minimum absolute atomic E-state index is 0.0960. The number of fused-ring (bicyclic) bond motifs is 1. The minimum atomic E-state index is -0.420. The number of piperidine rings is 1. The van der Waals surface area contributed by atoms with Gasteiger partial charge >= 0.3 is 0 Å². The number of aromatic nitrogens is 5. The third-order valence-corrected chi connectivity index (χ3v) is 7.77. The molecule has 1 amide bonds. The first-order valence-corrected chi connectivity index (χ1v) is 13.2. The molecule has 0 spiro atoms. The summed E-state index contributed by atoms with van der Waals surface area (Å²) < 4.78 is 0. The molecule has 0 bridgehead atoms. The highest BCUT2D eigenvalue weighted by Crippen LogP contribution is 2.35. The van der Waals surface area contributed by atoms with E-state index in [2.05, 4.69) is 42.7 Å². The summed E-state index contributed by atoms with van der Waals surface area (Å²) in [7, 11) is 2.13. The molecular weight excluding hydrogens is 476 g/mol. The molecule has 1 fully saturated rings. The van der Waals surface area contributed by atoms with Gasteiger partial charge in [-0.05, 0) is 86.2 Å². The minimum Gasteiger partial charge on any atom is -0.373 e. The van der Waals surface area contributed by atoms with Gasteiger partial charge in [0.05, 0.1) is 5.54 Å². The highest BCUT2D eigenvalue weighted by molar-refractivity contribution is 5.95. The first-order chi connectivity index (χ1) is 18.6. The number of aryl methyl sites for hydroxylation is 1. The maximum Gasteiger partial charge on any atom is 0.251 e. The number of aromatic amines is 1. The largest absolute Gasteiger partial charge is 0.373 e. The molecule has 0 atom stereocenters. The Bertz CT molecular complexity index is 1430. The van der Waals surface area contributed by atoms with E-state index in [4.69, 9.17) is 4.98 Å². The van der Waals surface area contributed by atoms with Crippen LogP contribution in [0.1, 0.15) is 52.1 Å². The summed E-state index contributed by atoms with van der Waals surface area (Å²) in [4.78, 5) is 28.8. The third kappa shape index (κ3) is 4.89. The fourth-order valence-corrected chi connectivity index (χ4v) is 5.54. The second-order valence-corrected chi connectivity index (χ2v) is 10.3. The monoisotopic (exact) mass is 508 g/mol. The molecule has 4 aromatic rings. The van der Waals surface area contributed by atoms with Gasteiger partial charge in [0.25, 0.3) is 5.91 Å². The summed E-state index contributed by atoms with van der Waals surface area (Å²) in [6, 6.07) is 11.5. The Morgan fingerprint density at radius 2 is 1.92 bits per heavy atom. The Hall–Kier alpha value is -4.11. The Labute approximate surface area is 222 Å². The zero-order chi connectivity index (χ0) is 26.0. The summed E-state index contributed by atoms with van der Waals surface area (Å²) in [5.41, 5.74) is 5.77. The Morgan fingerprint density at radius 3 is 2.76 bits per heavy atom. The van der Waals surface area contributed by atoms with Crippen LogP contribution < -0.4 is 10.6 Å². The molecule has 1 aliphatic carbocycles. The second kappa shape index (κ2) is 10.3. The molecule has 0 radical (unpaired) electrons. The first-order valence-electron chi connectivity index (χ1n) is 13.2. The molecule has 2 aliphatic rings. The number of hydrogen-bond acceptors (Lipinski definition) is 7. The number of anilines is 1. The van der Waals surface area contributed by atoms with E-state index in [1.165, 1.54) is 11.1 Å². The fraction of sp³-hybridized carbons (Fsp3) is 0.345. The summed E-state index contributed by atoms with van der Waals surface area (Å²) in [6.45, 7) is 2.33. The van der Waals surface area contributed by atoms with E-state index in [0.717, 1.165) is 67.8 Å². The van der Waals surface area contributed by atoms with Gasteiger partial charge in [0.2, 0.25) is 0 Å². The van der Waals surface area contributed by atoms with E-state index in [0.29, 0.717) is 17.9 Å². The van der Waals surface area contributed by atoms with Crippen LogP contribution >= 0.6 is 0 Å². The summed E-state index contributed by atoms with van der Waals surface area (Å²) in [5, 5.41) is 14.5. The van der Waals surface area contributed by atoms with Gasteiger partial charge in [0.1, 0.15) is 0 Å². The SMILES string of the molecule is CN1CCC(Nc2cccc(C(=O)NCc3cncc4c3CCC4)c2)(c2nc(-c3ccncc3)n[nH]2)CC1. The van der Waals surface area contributed by atoms with Crippen molar-refractivity contribution in [3.8, 4) is 11.4 Å². The molecule has 4 heterocycles. The Kier molecular flexibility index (Phi) is 6.59. The van der Waals surface area contributed by atoms with Crippen LogP contribution in [0.3, 0.4) is 0 Å². The molecule has 3 N–H and O–H groups in total. The van der Waals surface area contributed by atoms with Crippen LogP contribution in [-0.2, 0) is 24.9 Å². The van der Waals surface area contributed by atoms with Gasteiger partial charge in [-0.15, -0.1) is 0 Å². The van der Waals surface area contributed by atoms with E-state index >= 15 is 0 Å². The molecule has 0 saturated carbocycles. The lowest BCUT2D eigenvalue weighted by Gasteiger charge is -2.40. The first kappa shape index (κ1) is 24.2. The predicted octanol–water partition coefficient (Wildman–Crippen LogP) is 3.71. The second-order valence-electron chi connectivity index (χ2n) is 10.3. The highest BCUT2D eigenvalue weighted by atomic mass is 16.1. The zero-order valence-electron chi connectivity index (χ0n) is 21.6. The number of H-pyrrole nitrogens is 1. The lowest BCUT2D eigenvalue weighted by molar-refractivity contribution is 0.0951. The number of benzene rings is 1. The molecule has 9 heteroatoms. The van der Waals surface area contributed by atoms with Gasteiger partial charge in [-0.2, -0.15) is 5.10 Å². The van der Waals surface area contributed by atoms with Crippen molar-refractivity contribution in [3.05, 3.63) is 89.3 Å². The molecular formula is C29H32N8O. The van der Waals surface area contributed by atoms with Crippen LogP contribution in [-0.4, -0.2) is 56.1 Å². The van der Waals surface area contributed by atoms with Crippen molar-refractivity contribution in [2.45, 2.75) is 44.2 Å². The molecule has 0 unspecified atom stereocenters. The quantitative estimate of drug-likeness (QED) is 0.349. The number of carbonyl (C=O) groups is 1. The smallest absolute Gasteiger partial charge is 0.251 e.